The summed E-state index contributed by atoms with van der Waals surface area (Å²) in [6, 6.07) is 7.40. The molecule has 0 radical (unpaired) electrons. The van der Waals surface area contributed by atoms with Crippen molar-refractivity contribution in [1.29, 1.82) is 0 Å². The standard InChI is InChI=1S/C19H26N2O2/c1-19(2,3)23-18(22)20-10-9-13-5-4-6-16-17(13)14(11-20)12-21(16)15-7-8-15/h4-6,14-15H,7-12H2,1-3H3/t14-/m0/s1. The molecule has 124 valence electrons. The van der Waals surface area contributed by atoms with E-state index in [2.05, 4.69) is 23.1 Å². The number of amides is 1. The van der Waals surface area contributed by atoms with Gasteiger partial charge in [-0.15, -0.1) is 0 Å². The number of hydrogen-bond acceptors (Lipinski definition) is 3. The van der Waals surface area contributed by atoms with Gasteiger partial charge < -0.3 is 14.5 Å². The highest BCUT2D eigenvalue weighted by molar-refractivity contribution is 5.70. The molecule has 0 N–H and O–H groups in total. The number of carbonyl (C=O) groups excluding carboxylic acids is 1. The molecular weight excluding hydrogens is 288 g/mol. The zero-order valence-electron chi connectivity index (χ0n) is 14.3. The van der Waals surface area contributed by atoms with Gasteiger partial charge in [-0.05, 0) is 57.2 Å². The number of ether oxygens (including phenoxy) is 1. The fraction of sp³-hybridized carbons (Fsp3) is 0.632. The van der Waals surface area contributed by atoms with Crippen molar-refractivity contribution in [3.8, 4) is 0 Å². The number of hydrogen-bond donors (Lipinski definition) is 0. The van der Waals surface area contributed by atoms with Gasteiger partial charge in [-0.1, -0.05) is 12.1 Å². The largest absolute Gasteiger partial charge is 0.444 e. The van der Waals surface area contributed by atoms with Gasteiger partial charge in [0.15, 0.2) is 0 Å². The first-order valence-corrected chi connectivity index (χ1v) is 8.79. The van der Waals surface area contributed by atoms with Crippen molar-refractivity contribution >= 4 is 11.8 Å². The van der Waals surface area contributed by atoms with E-state index in [1.54, 1.807) is 0 Å². The Morgan fingerprint density at radius 2 is 2.00 bits per heavy atom. The number of anilines is 1. The lowest BCUT2D eigenvalue weighted by Crippen LogP contribution is -2.40. The third-order valence-electron chi connectivity index (χ3n) is 5.04. The van der Waals surface area contributed by atoms with Gasteiger partial charge in [-0.25, -0.2) is 4.79 Å². The second kappa shape index (κ2) is 5.15. The van der Waals surface area contributed by atoms with Crippen LogP contribution >= 0.6 is 0 Å². The molecule has 0 spiro atoms. The normalized spacial score (nSPS) is 23.5. The van der Waals surface area contributed by atoms with E-state index >= 15 is 0 Å². The average Bonchev–Trinajstić information content (AvgIpc) is 3.25. The second-order valence-corrected chi connectivity index (χ2v) is 8.11. The number of nitrogens with zero attached hydrogens (tertiary/aromatic N) is 2. The molecule has 0 bridgehead atoms. The first kappa shape index (κ1) is 14.9. The van der Waals surface area contributed by atoms with Crippen LogP contribution in [0.2, 0.25) is 0 Å². The van der Waals surface area contributed by atoms with Crippen LogP contribution in [-0.2, 0) is 11.2 Å². The summed E-state index contributed by atoms with van der Waals surface area (Å²) < 4.78 is 5.60. The Morgan fingerprint density at radius 1 is 1.22 bits per heavy atom. The molecule has 1 atom stereocenters. The molecular formula is C19H26N2O2. The van der Waals surface area contributed by atoms with Gasteiger partial charge >= 0.3 is 6.09 Å². The first-order chi connectivity index (χ1) is 10.9. The van der Waals surface area contributed by atoms with Crippen LogP contribution in [0.15, 0.2) is 18.2 Å². The SMILES string of the molecule is CC(C)(C)OC(=O)N1CCc2cccc3c2[C@@H](C1)CN3C1CC1. The third kappa shape index (κ3) is 2.79. The quantitative estimate of drug-likeness (QED) is 0.795. The molecule has 2 aliphatic heterocycles. The van der Waals surface area contributed by atoms with Crippen LogP contribution in [0.3, 0.4) is 0 Å². The lowest BCUT2D eigenvalue weighted by Gasteiger charge is -2.28. The number of rotatable bonds is 1. The van der Waals surface area contributed by atoms with Crippen molar-refractivity contribution < 1.29 is 9.53 Å². The monoisotopic (exact) mass is 314 g/mol. The van der Waals surface area contributed by atoms with Gasteiger partial charge in [0.05, 0.1) is 0 Å². The average molecular weight is 314 g/mol. The van der Waals surface area contributed by atoms with Crippen molar-refractivity contribution in [2.45, 2.75) is 57.6 Å². The minimum atomic E-state index is -0.433. The maximum atomic E-state index is 12.5. The summed E-state index contributed by atoms with van der Waals surface area (Å²) in [5, 5.41) is 0. The van der Waals surface area contributed by atoms with Gasteiger partial charge in [0.1, 0.15) is 5.60 Å². The summed E-state index contributed by atoms with van der Waals surface area (Å²) in [7, 11) is 0. The Kier molecular flexibility index (Phi) is 3.33. The van der Waals surface area contributed by atoms with Crippen LogP contribution in [0.4, 0.5) is 10.5 Å². The van der Waals surface area contributed by atoms with Crippen LogP contribution in [0, 0.1) is 0 Å². The number of carbonyl (C=O) groups is 1. The smallest absolute Gasteiger partial charge is 0.410 e. The molecule has 0 aromatic heterocycles. The fourth-order valence-electron chi connectivity index (χ4n) is 3.95. The Morgan fingerprint density at radius 3 is 2.70 bits per heavy atom. The van der Waals surface area contributed by atoms with E-state index in [1.807, 2.05) is 25.7 Å². The van der Waals surface area contributed by atoms with Crippen molar-refractivity contribution in [3.05, 3.63) is 29.3 Å². The molecule has 1 aromatic rings. The summed E-state index contributed by atoms with van der Waals surface area (Å²) >= 11 is 0. The van der Waals surface area contributed by atoms with E-state index in [4.69, 9.17) is 4.74 Å². The highest BCUT2D eigenvalue weighted by Gasteiger charge is 2.41. The third-order valence-corrected chi connectivity index (χ3v) is 5.04. The molecule has 23 heavy (non-hydrogen) atoms. The summed E-state index contributed by atoms with van der Waals surface area (Å²) in [6.45, 7) is 8.38. The van der Waals surface area contributed by atoms with Crippen molar-refractivity contribution in [2.24, 2.45) is 0 Å². The maximum Gasteiger partial charge on any atom is 0.410 e. The van der Waals surface area contributed by atoms with Crippen LogP contribution in [0.5, 0.6) is 0 Å². The van der Waals surface area contributed by atoms with Crippen molar-refractivity contribution in [1.82, 2.24) is 4.90 Å². The van der Waals surface area contributed by atoms with Gasteiger partial charge in [-0.2, -0.15) is 0 Å². The Bertz CT molecular complexity index is 631. The van der Waals surface area contributed by atoms with E-state index in [1.165, 1.54) is 29.7 Å². The van der Waals surface area contributed by atoms with Crippen LogP contribution in [0.25, 0.3) is 0 Å². The van der Waals surface area contributed by atoms with Crippen molar-refractivity contribution in [3.63, 3.8) is 0 Å². The Hall–Kier alpha value is -1.71. The highest BCUT2D eigenvalue weighted by Crippen LogP contribution is 2.45. The molecule has 1 amide bonds. The minimum Gasteiger partial charge on any atom is -0.444 e. The lowest BCUT2D eigenvalue weighted by molar-refractivity contribution is 0.0248. The van der Waals surface area contributed by atoms with E-state index in [-0.39, 0.29) is 6.09 Å². The number of benzene rings is 1. The Labute approximate surface area is 138 Å². The molecule has 0 saturated heterocycles. The topological polar surface area (TPSA) is 32.8 Å². The summed E-state index contributed by atoms with van der Waals surface area (Å²) in [4.78, 5) is 17.0. The molecule has 0 unspecified atom stereocenters. The molecule has 3 aliphatic rings. The van der Waals surface area contributed by atoms with E-state index < -0.39 is 5.60 Å². The molecule has 1 aromatic carbocycles. The molecule has 4 nitrogen and oxygen atoms in total. The van der Waals surface area contributed by atoms with Gasteiger partial charge in [-0.3, -0.25) is 0 Å². The van der Waals surface area contributed by atoms with Gasteiger partial charge in [0, 0.05) is 37.3 Å². The van der Waals surface area contributed by atoms with Gasteiger partial charge in [0.2, 0.25) is 0 Å². The van der Waals surface area contributed by atoms with Crippen LogP contribution in [-0.4, -0.2) is 42.3 Å². The van der Waals surface area contributed by atoms with E-state index in [9.17, 15) is 4.79 Å². The maximum absolute atomic E-state index is 12.5. The highest BCUT2D eigenvalue weighted by atomic mass is 16.6. The van der Waals surface area contributed by atoms with E-state index in [0.29, 0.717) is 5.92 Å². The van der Waals surface area contributed by atoms with Crippen LogP contribution in [0.1, 0.15) is 50.7 Å². The summed E-state index contributed by atoms with van der Waals surface area (Å²) in [6.07, 6.45) is 3.38. The molecule has 4 heteroatoms. The molecule has 2 heterocycles. The summed E-state index contributed by atoms with van der Waals surface area (Å²) in [5.74, 6) is 0.428. The minimum absolute atomic E-state index is 0.170. The van der Waals surface area contributed by atoms with E-state index in [0.717, 1.165) is 32.1 Å². The van der Waals surface area contributed by atoms with Gasteiger partial charge in [0.25, 0.3) is 0 Å². The van der Waals surface area contributed by atoms with Crippen LogP contribution < -0.4 is 4.90 Å². The zero-order valence-corrected chi connectivity index (χ0v) is 14.3. The first-order valence-electron chi connectivity index (χ1n) is 8.79. The summed E-state index contributed by atoms with van der Waals surface area (Å²) in [5.41, 5.74) is 3.89. The predicted octanol–water partition coefficient (Wildman–Crippen LogP) is 3.55. The Balaban J connectivity index is 1.59. The van der Waals surface area contributed by atoms with Crippen molar-refractivity contribution in [2.75, 3.05) is 24.5 Å². The molecule has 4 rings (SSSR count). The zero-order chi connectivity index (χ0) is 16.2. The molecule has 1 saturated carbocycles. The molecule has 1 fully saturated rings. The second-order valence-electron chi connectivity index (χ2n) is 8.11. The molecule has 1 aliphatic carbocycles. The predicted molar refractivity (Wildman–Crippen MR) is 91.1 cm³/mol. The lowest BCUT2D eigenvalue weighted by atomic mass is 9.96. The fourth-order valence-corrected chi connectivity index (χ4v) is 3.95.